The van der Waals surface area contributed by atoms with Gasteiger partial charge in [-0.1, -0.05) is 38.0 Å². The van der Waals surface area contributed by atoms with Gasteiger partial charge in [-0.15, -0.1) is 0 Å². The van der Waals surface area contributed by atoms with E-state index in [1.54, 1.807) is 31.2 Å². The van der Waals surface area contributed by atoms with E-state index in [4.69, 9.17) is 4.74 Å². The van der Waals surface area contributed by atoms with Gasteiger partial charge in [-0.05, 0) is 38.3 Å². The Hall–Kier alpha value is -2.37. The predicted octanol–water partition coefficient (Wildman–Crippen LogP) is 2.82. The average molecular weight is 362 g/mol. The molecular weight excluding hydrogens is 332 g/mol. The fraction of sp³-hybridized carbons (Fsp3) is 0.550. The summed E-state index contributed by atoms with van der Waals surface area (Å²) in [5, 5.41) is 5.58. The summed E-state index contributed by atoms with van der Waals surface area (Å²) in [6.07, 6.45) is 4.36. The molecule has 2 amide bonds. The van der Waals surface area contributed by atoms with Gasteiger partial charge in [-0.25, -0.2) is 4.79 Å². The van der Waals surface area contributed by atoms with E-state index in [-0.39, 0.29) is 18.4 Å². The molecule has 1 rings (SSSR count). The van der Waals surface area contributed by atoms with Crippen LogP contribution in [0.1, 0.15) is 62.7 Å². The largest absolute Gasteiger partial charge is 0.464 e. The van der Waals surface area contributed by atoms with Crippen LogP contribution in [0.15, 0.2) is 30.3 Å². The van der Waals surface area contributed by atoms with Crippen molar-refractivity contribution in [2.45, 2.75) is 58.4 Å². The Balaban J connectivity index is 2.47. The first kappa shape index (κ1) is 21.7. The van der Waals surface area contributed by atoms with Gasteiger partial charge in [0.25, 0.3) is 5.91 Å². The maximum atomic E-state index is 12.3. The summed E-state index contributed by atoms with van der Waals surface area (Å²) < 4.78 is 5.04. The Labute approximate surface area is 155 Å². The smallest absolute Gasteiger partial charge is 0.328 e. The van der Waals surface area contributed by atoms with Crippen LogP contribution >= 0.6 is 0 Å². The molecule has 0 bridgehead atoms. The first-order valence-corrected chi connectivity index (χ1v) is 9.37. The normalized spacial score (nSPS) is 11.5. The van der Waals surface area contributed by atoms with Crippen molar-refractivity contribution in [3.63, 3.8) is 0 Å². The second kappa shape index (κ2) is 12.9. The summed E-state index contributed by atoms with van der Waals surface area (Å²) in [6.45, 7) is 4.76. The number of ether oxygens (including phenoxy) is 1. The molecule has 0 unspecified atom stereocenters. The van der Waals surface area contributed by atoms with E-state index < -0.39 is 12.0 Å². The summed E-state index contributed by atoms with van der Waals surface area (Å²) in [7, 11) is 0. The molecular formula is C20H30N2O4. The number of rotatable bonds is 12. The molecule has 2 N–H and O–H groups in total. The number of hydrogen-bond donors (Lipinski definition) is 2. The van der Waals surface area contributed by atoms with Crippen molar-refractivity contribution in [3.05, 3.63) is 35.9 Å². The molecule has 0 spiro atoms. The first-order chi connectivity index (χ1) is 12.6. The highest BCUT2D eigenvalue weighted by Crippen LogP contribution is 2.06. The number of carbonyl (C=O) groups excluding carboxylic acids is 3. The highest BCUT2D eigenvalue weighted by Gasteiger charge is 2.22. The number of carbonyl (C=O) groups is 3. The van der Waals surface area contributed by atoms with Crippen LogP contribution in [0.25, 0.3) is 0 Å². The number of nitrogens with one attached hydrogen (secondary N) is 2. The van der Waals surface area contributed by atoms with Gasteiger partial charge in [0.15, 0.2) is 0 Å². The number of hydrogen-bond acceptors (Lipinski definition) is 4. The van der Waals surface area contributed by atoms with Crippen molar-refractivity contribution in [3.8, 4) is 0 Å². The third kappa shape index (κ3) is 8.65. The summed E-state index contributed by atoms with van der Waals surface area (Å²) >= 11 is 0. The molecule has 6 nitrogen and oxygen atoms in total. The molecule has 0 aliphatic heterocycles. The number of unbranched alkanes of at least 4 members (excludes halogenated alkanes) is 2. The van der Waals surface area contributed by atoms with Gasteiger partial charge in [0.05, 0.1) is 6.61 Å². The highest BCUT2D eigenvalue weighted by atomic mass is 16.5. The van der Waals surface area contributed by atoms with Crippen LogP contribution in [0.2, 0.25) is 0 Å². The van der Waals surface area contributed by atoms with Crippen LogP contribution in [-0.2, 0) is 14.3 Å². The van der Waals surface area contributed by atoms with E-state index in [2.05, 4.69) is 17.6 Å². The van der Waals surface area contributed by atoms with Crippen LogP contribution in [0.4, 0.5) is 0 Å². The molecule has 0 saturated carbocycles. The van der Waals surface area contributed by atoms with E-state index >= 15 is 0 Å². The van der Waals surface area contributed by atoms with Crippen molar-refractivity contribution < 1.29 is 19.1 Å². The Bertz CT molecular complexity index is 560. The minimum Gasteiger partial charge on any atom is -0.464 e. The topological polar surface area (TPSA) is 84.5 Å². The Morgan fingerprint density at radius 2 is 1.77 bits per heavy atom. The quantitative estimate of drug-likeness (QED) is 0.442. The van der Waals surface area contributed by atoms with E-state index in [9.17, 15) is 14.4 Å². The average Bonchev–Trinajstić information content (AvgIpc) is 2.65. The van der Waals surface area contributed by atoms with Crippen molar-refractivity contribution in [2.24, 2.45) is 0 Å². The van der Waals surface area contributed by atoms with E-state index in [1.807, 2.05) is 6.07 Å². The van der Waals surface area contributed by atoms with Crippen molar-refractivity contribution in [1.29, 1.82) is 0 Å². The van der Waals surface area contributed by atoms with Gasteiger partial charge >= 0.3 is 5.97 Å². The predicted molar refractivity (Wildman–Crippen MR) is 101 cm³/mol. The molecule has 144 valence electrons. The monoisotopic (exact) mass is 362 g/mol. The van der Waals surface area contributed by atoms with Crippen LogP contribution in [0.5, 0.6) is 0 Å². The molecule has 0 saturated heterocycles. The molecule has 1 atom stereocenters. The molecule has 6 heteroatoms. The Morgan fingerprint density at radius 1 is 1.04 bits per heavy atom. The molecule has 0 radical (unpaired) electrons. The minimum absolute atomic E-state index is 0.0295. The van der Waals surface area contributed by atoms with Crippen LogP contribution in [0, 0.1) is 0 Å². The Kier molecular flexibility index (Phi) is 10.8. The fourth-order valence-electron chi connectivity index (χ4n) is 2.48. The summed E-state index contributed by atoms with van der Waals surface area (Å²) in [6, 6.07) is 7.95. The van der Waals surface area contributed by atoms with Crippen molar-refractivity contribution in [2.75, 3.05) is 13.2 Å². The van der Waals surface area contributed by atoms with Crippen molar-refractivity contribution in [1.82, 2.24) is 10.6 Å². The second-order valence-electron chi connectivity index (χ2n) is 6.09. The highest BCUT2D eigenvalue weighted by molar-refractivity contribution is 5.96. The van der Waals surface area contributed by atoms with Gasteiger partial charge in [-0.2, -0.15) is 0 Å². The molecule has 1 aromatic carbocycles. The molecule has 0 aromatic heterocycles. The summed E-state index contributed by atoms with van der Waals surface area (Å²) in [4.78, 5) is 36.2. The molecule has 0 heterocycles. The van der Waals surface area contributed by atoms with Gasteiger partial charge < -0.3 is 15.4 Å². The van der Waals surface area contributed by atoms with Crippen LogP contribution < -0.4 is 10.6 Å². The third-order valence-electron chi connectivity index (χ3n) is 3.91. The first-order valence-electron chi connectivity index (χ1n) is 9.37. The zero-order valence-electron chi connectivity index (χ0n) is 15.8. The molecule has 0 aliphatic rings. The third-order valence-corrected chi connectivity index (χ3v) is 3.91. The number of amides is 2. The lowest BCUT2D eigenvalue weighted by Gasteiger charge is -2.17. The SMILES string of the molecule is CCCCCNC(=O)CCC[C@H](NC(=O)c1ccccc1)C(=O)OCC. The lowest BCUT2D eigenvalue weighted by atomic mass is 10.1. The van der Waals surface area contributed by atoms with Gasteiger partial charge in [0, 0.05) is 18.5 Å². The van der Waals surface area contributed by atoms with Gasteiger partial charge in [0.1, 0.15) is 6.04 Å². The lowest BCUT2D eigenvalue weighted by Crippen LogP contribution is -2.42. The second-order valence-corrected chi connectivity index (χ2v) is 6.09. The maximum absolute atomic E-state index is 12.3. The number of benzene rings is 1. The summed E-state index contributed by atoms with van der Waals surface area (Å²) in [5.74, 6) is -0.828. The fourth-order valence-corrected chi connectivity index (χ4v) is 2.48. The number of esters is 1. The lowest BCUT2D eigenvalue weighted by molar-refractivity contribution is -0.145. The van der Waals surface area contributed by atoms with Crippen LogP contribution in [0.3, 0.4) is 0 Å². The molecule has 0 aliphatic carbocycles. The minimum atomic E-state index is -0.754. The Morgan fingerprint density at radius 3 is 2.42 bits per heavy atom. The van der Waals surface area contributed by atoms with E-state index in [0.717, 1.165) is 19.3 Å². The van der Waals surface area contributed by atoms with Crippen LogP contribution in [-0.4, -0.2) is 37.0 Å². The summed E-state index contributed by atoms with van der Waals surface area (Å²) in [5.41, 5.74) is 0.482. The molecule has 26 heavy (non-hydrogen) atoms. The van der Waals surface area contributed by atoms with Gasteiger partial charge in [0.2, 0.25) is 5.91 Å². The van der Waals surface area contributed by atoms with E-state index in [0.29, 0.717) is 31.4 Å². The zero-order valence-corrected chi connectivity index (χ0v) is 15.8. The molecule has 0 fully saturated rings. The maximum Gasteiger partial charge on any atom is 0.328 e. The van der Waals surface area contributed by atoms with Gasteiger partial charge in [-0.3, -0.25) is 9.59 Å². The van der Waals surface area contributed by atoms with Crippen molar-refractivity contribution >= 4 is 17.8 Å². The standard InChI is InChI=1S/C20H30N2O4/c1-3-5-9-15-21-18(23)14-10-13-17(20(25)26-4-2)22-19(24)16-11-7-6-8-12-16/h6-8,11-12,17H,3-5,9-10,13-15H2,1-2H3,(H,21,23)(H,22,24)/t17-/m0/s1. The van der Waals surface area contributed by atoms with E-state index in [1.165, 1.54) is 0 Å². The zero-order chi connectivity index (χ0) is 19.2. The molecule has 1 aromatic rings.